The van der Waals surface area contributed by atoms with Gasteiger partial charge in [-0.2, -0.15) is 5.06 Å². The second kappa shape index (κ2) is 8.78. The van der Waals surface area contributed by atoms with Gasteiger partial charge in [0.2, 0.25) is 0 Å². The highest BCUT2D eigenvalue weighted by Crippen LogP contribution is 2.29. The molecule has 0 spiro atoms. The Labute approximate surface area is 181 Å². The van der Waals surface area contributed by atoms with Gasteiger partial charge in [0.25, 0.3) is 0 Å². The summed E-state index contributed by atoms with van der Waals surface area (Å²) < 4.78 is 33.1. The van der Waals surface area contributed by atoms with Crippen molar-refractivity contribution in [1.82, 2.24) is 9.97 Å². The molecule has 9 heteroatoms. The lowest BCUT2D eigenvalue weighted by Crippen LogP contribution is -2.28. The summed E-state index contributed by atoms with van der Waals surface area (Å²) in [5, 5.41) is 10.6. The molecule has 7 nitrogen and oxygen atoms in total. The van der Waals surface area contributed by atoms with Crippen molar-refractivity contribution in [3.05, 3.63) is 96.3 Å². The first-order chi connectivity index (χ1) is 15.4. The molecule has 0 atom stereocenters. The third-order valence-electron chi connectivity index (χ3n) is 4.44. The zero-order valence-corrected chi connectivity index (χ0v) is 16.4. The smallest absolute Gasteiger partial charge is 0.300 e. The molecule has 160 valence electrons. The lowest BCUT2D eigenvalue weighted by atomic mass is 10.1. The van der Waals surface area contributed by atoms with E-state index in [-0.39, 0.29) is 33.8 Å². The normalized spacial score (nSPS) is 10.6. The zero-order chi connectivity index (χ0) is 22.7. The summed E-state index contributed by atoms with van der Waals surface area (Å²) in [6, 6.07) is 16.7. The van der Waals surface area contributed by atoms with Crippen LogP contribution in [0, 0.1) is 11.6 Å². The van der Waals surface area contributed by atoms with Gasteiger partial charge in [-0.3, -0.25) is 10.0 Å². The fourth-order valence-corrected chi connectivity index (χ4v) is 2.88. The highest BCUT2D eigenvalue weighted by Gasteiger charge is 2.19. The van der Waals surface area contributed by atoms with Crippen LogP contribution in [0.5, 0.6) is 11.5 Å². The Balaban J connectivity index is 1.54. The van der Waals surface area contributed by atoms with Gasteiger partial charge in [-0.25, -0.2) is 18.7 Å². The molecule has 2 aromatic carbocycles. The number of hydroxylamine groups is 1. The van der Waals surface area contributed by atoms with E-state index in [2.05, 4.69) is 9.97 Å². The number of carbonyl (C=O) groups excluding carboxylic acids is 1. The number of amides is 1. The number of rotatable bonds is 5. The molecule has 32 heavy (non-hydrogen) atoms. The number of carbonyl (C=O) groups is 1. The summed E-state index contributed by atoms with van der Waals surface area (Å²) in [6.07, 6.45) is 1.41. The van der Waals surface area contributed by atoms with Gasteiger partial charge in [0.1, 0.15) is 23.1 Å². The Morgan fingerprint density at radius 3 is 2.50 bits per heavy atom. The van der Waals surface area contributed by atoms with E-state index in [4.69, 9.17) is 10.5 Å². The lowest BCUT2D eigenvalue weighted by molar-refractivity contribution is 0.0849. The summed E-state index contributed by atoms with van der Waals surface area (Å²) in [6.45, 7) is 0. The van der Waals surface area contributed by atoms with Gasteiger partial charge in [-0.15, -0.1) is 0 Å². The fourth-order valence-electron chi connectivity index (χ4n) is 2.88. The van der Waals surface area contributed by atoms with Crippen molar-refractivity contribution >= 4 is 17.4 Å². The maximum atomic E-state index is 14.5. The number of aromatic nitrogens is 2. The average Bonchev–Trinajstić information content (AvgIpc) is 2.80. The van der Waals surface area contributed by atoms with Gasteiger partial charge in [-0.05, 0) is 54.6 Å². The van der Waals surface area contributed by atoms with Crippen molar-refractivity contribution in [3.8, 4) is 22.8 Å². The van der Waals surface area contributed by atoms with Crippen molar-refractivity contribution in [2.45, 2.75) is 0 Å². The standard InChI is InChI=1S/C23H16F2N4O3/c24-15-6-4-14(5-7-15)19-2-1-3-20(28-19)23(30)29(31)16-8-9-21(18(25)12-16)32-17-10-11-27-22(26)13-17/h1-13,31H,(H2,26,27). The predicted octanol–water partition coefficient (Wildman–Crippen LogP) is 4.83. The Morgan fingerprint density at radius 2 is 1.78 bits per heavy atom. The molecule has 2 heterocycles. The molecule has 1 amide bonds. The number of halogens is 2. The highest BCUT2D eigenvalue weighted by molar-refractivity contribution is 6.03. The molecule has 0 aliphatic heterocycles. The number of nitrogen functional groups attached to an aromatic ring is 1. The van der Waals surface area contributed by atoms with Crippen LogP contribution in [-0.4, -0.2) is 21.1 Å². The van der Waals surface area contributed by atoms with E-state index < -0.39 is 17.5 Å². The molecule has 2 aromatic heterocycles. The van der Waals surface area contributed by atoms with E-state index >= 15 is 0 Å². The van der Waals surface area contributed by atoms with Gasteiger partial charge in [0, 0.05) is 23.9 Å². The molecular weight excluding hydrogens is 418 g/mol. The average molecular weight is 434 g/mol. The first kappa shape index (κ1) is 20.9. The second-order valence-electron chi connectivity index (χ2n) is 6.67. The quantitative estimate of drug-likeness (QED) is 0.345. The first-order valence-corrected chi connectivity index (χ1v) is 9.36. The summed E-state index contributed by atoms with van der Waals surface area (Å²) >= 11 is 0. The van der Waals surface area contributed by atoms with Crippen molar-refractivity contribution in [2.75, 3.05) is 10.8 Å². The van der Waals surface area contributed by atoms with E-state index in [1.807, 2.05) is 0 Å². The number of nitrogens with zero attached hydrogens (tertiary/aromatic N) is 3. The Bertz CT molecular complexity index is 1280. The predicted molar refractivity (Wildman–Crippen MR) is 113 cm³/mol. The van der Waals surface area contributed by atoms with Crippen molar-refractivity contribution < 1.29 is 23.5 Å². The third-order valence-corrected chi connectivity index (χ3v) is 4.44. The molecule has 0 aliphatic carbocycles. The van der Waals surface area contributed by atoms with Crippen molar-refractivity contribution in [1.29, 1.82) is 0 Å². The molecule has 0 saturated carbocycles. The van der Waals surface area contributed by atoms with Gasteiger partial charge in [0.05, 0.1) is 11.4 Å². The summed E-state index contributed by atoms with van der Waals surface area (Å²) in [5.74, 6) is -1.72. The Kier molecular flexibility index (Phi) is 5.73. The molecule has 3 N–H and O–H groups in total. The molecular formula is C23H16F2N4O3. The summed E-state index contributed by atoms with van der Waals surface area (Å²) in [4.78, 5) is 20.7. The fraction of sp³-hybridized carbons (Fsp3) is 0. The SMILES string of the molecule is Nc1cc(Oc2ccc(N(O)C(=O)c3cccc(-c4ccc(F)cc4)n3)cc2F)ccn1. The maximum absolute atomic E-state index is 14.5. The molecule has 0 aliphatic rings. The number of hydrogen-bond acceptors (Lipinski definition) is 6. The van der Waals surface area contributed by atoms with E-state index in [0.717, 1.165) is 6.07 Å². The van der Waals surface area contributed by atoms with Crippen LogP contribution >= 0.6 is 0 Å². The third kappa shape index (κ3) is 4.52. The molecule has 0 radical (unpaired) electrons. The molecule has 0 bridgehead atoms. The number of ether oxygens (including phenoxy) is 1. The second-order valence-corrected chi connectivity index (χ2v) is 6.67. The van der Waals surface area contributed by atoms with E-state index in [0.29, 0.717) is 11.3 Å². The Morgan fingerprint density at radius 1 is 1.00 bits per heavy atom. The van der Waals surface area contributed by atoms with Gasteiger partial charge in [-0.1, -0.05) is 6.07 Å². The number of anilines is 2. The number of benzene rings is 2. The molecule has 4 rings (SSSR count). The van der Waals surface area contributed by atoms with Crippen LogP contribution in [0.3, 0.4) is 0 Å². The largest absolute Gasteiger partial charge is 0.454 e. The van der Waals surface area contributed by atoms with Crippen molar-refractivity contribution in [3.63, 3.8) is 0 Å². The summed E-state index contributed by atoms with van der Waals surface area (Å²) in [7, 11) is 0. The van der Waals surface area contributed by atoms with E-state index in [9.17, 15) is 18.8 Å². The van der Waals surface area contributed by atoms with Gasteiger partial charge in [0.15, 0.2) is 11.6 Å². The van der Waals surface area contributed by atoms with Crippen molar-refractivity contribution in [2.24, 2.45) is 0 Å². The highest BCUT2D eigenvalue weighted by atomic mass is 19.1. The molecule has 4 aromatic rings. The minimum absolute atomic E-state index is 0.0812. The minimum atomic E-state index is -0.871. The van der Waals surface area contributed by atoms with E-state index in [1.165, 1.54) is 60.8 Å². The van der Waals surface area contributed by atoms with Gasteiger partial charge < -0.3 is 10.5 Å². The zero-order valence-electron chi connectivity index (χ0n) is 16.4. The summed E-state index contributed by atoms with van der Waals surface area (Å²) in [5.41, 5.74) is 6.37. The monoisotopic (exact) mass is 434 g/mol. The van der Waals surface area contributed by atoms with Crippen LogP contribution in [0.4, 0.5) is 20.3 Å². The van der Waals surface area contributed by atoms with Crippen LogP contribution in [-0.2, 0) is 0 Å². The van der Waals surface area contributed by atoms with Crippen LogP contribution in [0.15, 0.2) is 79.0 Å². The molecule has 0 saturated heterocycles. The van der Waals surface area contributed by atoms with Gasteiger partial charge >= 0.3 is 5.91 Å². The number of hydrogen-bond donors (Lipinski definition) is 2. The number of pyridine rings is 2. The molecule has 0 fully saturated rings. The minimum Gasteiger partial charge on any atom is -0.454 e. The maximum Gasteiger partial charge on any atom is 0.300 e. The van der Waals surface area contributed by atoms with E-state index in [1.54, 1.807) is 12.1 Å². The van der Waals surface area contributed by atoms with Crippen LogP contribution in [0.1, 0.15) is 10.5 Å². The Hall–Kier alpha value is -4.37. The van der Waals surface area contributed by atoms with Crippen LogP contribution in [0.2, 0.25) is 0 Å². The van der Waals surface area contributed by atoms with Crippen LogP contribution in [0.25, 0.3) is 11.3 Å². The first-order valence-electron chi connectivity index (χ1n) is 9.36. The lowest BCUT2D eigenvalue weighted by Gasteiger charge is -2.16. The number of nitrogens with two attached hydrogens (primary N) is 1. The molecule has 0 unspecified atom stereocenters. The topological polar surface area (TPSA) is 102 Å². The van der Waals surface area contributed by atoms with Crippen LogP contribution < -0.4 is 15.5 Å².